The highest BCUT2D eigenvalue weighted by Crippen LogP contribution is 2.39. The van der Waals surface area contributed by atoms with Crippen LogP contribution in [0.3, 0.4) is 0 Å². The van der Waals surface area contributed by atoms with E-state index in [4.69, 9.17) is 4.52 Å². The summed E-state index contributed by atoms with van der Waals surface area (Å²) in [5.41, 5.74) is 1.27. The maximum atomic E-state index is 13.9. The average molecular weight is 501 g/mol. The van der Waals surface area contributed by atoms with Crippen molar-refractivity contribution in [2.45, 2.75) is 38.9 Å². The number of nitrogens with one attached hydrogen (secondary N) is 2. The average Bonchev–Trinajstić information content (AvgIpc) is 3.40. The number of anilines is 1. The molecule has 4 aromatic rings. The van der Waals surface area contributed by atoms with E-state index >= 15 is 0 Å². The van der Waals surface area contributed by atoms with Gasteiger partial charge in [-0.2, -0.15) is 13.2 Å². The number of pyridine rings is 1. The molecule has 4 aromatic heterocycles. The van der Waals surface area contributed by atoms with Gasteiger partial charge in [-0.15, -0.1) is 0 Å². The summed E-state index contributed by atoms with van der Waals surface area (Å²) in [5.74, 6) is 0.575. The van der Waals surface area contributed by atoms with Gasteiger partial charge in [0.15, 0.2) is 0 Å². The quantitative estimate of drug-likeness (QED) is 0.361. The Morgan fingerprint density at radius 3 is 2.78 bits per heavy atom. The first-order valence-corrected chi connectivity index (χ1v) is 11.2. The molecule has 188 valence electrons. The maximum absolute atomic E-state index is 13.9. The molecule has 0 bridgehead atoms. The minimum absolute atomic E-state index is 0.00936. The molecule has 0 unspecified atom stereocenters. The number of fused-ring (bicyclic) bond motifs is 1. The molecule has 0 aromatic carbocycles. The van der Waals surface area contributed by atoms with Crippen molar-refractivity contribution in [2.75, 3.05) is 18.4 Å². The Morgan fingerprint density at radius 2 is 2.08 bits per heavy atom. The highest BCUT2D eigenvalue weighted by atomic mass is 19.4. The van der Waals surface area contributed by atoms with Crippen LogP contribution in [0, 0.1) is 13.8 Å². The number of alkyl halides is 3. The molecule has 3 N–H and O–H groups in total. The number of carboxylic acid groups (broad SMARTS) is 1. The van der Waals surface area contributed by atoms with Gasteiger partial charge < -0.3 is 24.8 Å². The zero-order valence-corrected chi connectivity index (χ0v) is 19.3. The Hall–Kier alpha value is -4.16. The fourth-order valence-electron chi connectivity index (χ4n) is 4.50. The summed E-state index contributed by atoms with van der Waals surface area (Å²) >= 11 is 0. The summed E-state index contributed by atoms with van der Waals surface area (Å²) in [6, 6.07) is 3.06. The van der Waals surface area contributed by atoms with Crippen molar-refractivity contribution in [3.63, 3.8) is 0 Å². The normalized spacial score (nSPS) is 16.5. The van der Waals surface area contributed by atoms with Crippen LogP contribution in [0.25, 0.3) is 33.5 Å². The number of hydrogen-bond donors (Lipinski definition) is 3. The van der Waals surface area contributed by atoms with Crippen LogP contribution in [0.1, 0.15) is 29.9 Å². The molecule has 1 saturated heterocycles. The number of rotatable bonds is 4. The Labute approximate surface area is 202 Å². The highest BCUT2D eigenvalue weighted by molar-refractivity contribution is 5.94. The lowest BCUT2D eigenvalue weighted by molar-refractivity contribution is -0.137. The van der Waals surface area contributed by atoms with E-state index in [0.29, 0.717) is 47.6 Å². The summed E-state index contributed by atoms with van der Waals surface area (Å²) in [5, 5.41) is 16.6. The van der Waals surface area contributed by atoms with E-state index in [0.717, 1.165) is 11.8 Å². The van der Waals surface area contributed by atoms with Crippen LogP contribution < -0.4 is 5.32 Å². The van der Waals surface area contributed by atoms with Crippen molar-refractivity contribution in [1.82, 2.24) is 30.0 Å². The maximum Gasteiger partial charge on any atom is 0.419 e. The van der Waals surface area contributed by atoms with Crippen LogP contribution in [0.15, 0.2) is 29.0 Å². The zero-order valence-electron chi connectivity index (χ0n) is 19.3. The number of aromatic amines is 1. The number of H-pyrrole nitrogens is 1. The molecular formula is C23H22F3N7O3. The van der Waals surface area contributed by atoms with Gasteiger partial charge in [-0.05, 0) is 38.8 Å². The number of hydrogen-bond acceptors (Lipinski definition) is 7. The van der Waals surface area contributed by atoms with E-state index in [-0.39, 0.29) is 29.8 Å². The Balaban J connectivity index is 1.53. The molecule has 1 aliphatic heterocycles. The summed E-state index contributed by atoms with van der Waals surface area (Å²) in [6.45, 7) is 4.14. The zero-order chi connectivity index (χ0) is 25.6. The van der Waals surface area contributed by atoms with Crippen molar-refractivity contribution in [3.05, 3.63) is 41.5 Å². The molecular weight excluding hydrogens is 479 g/mol. The van der Waals surface area contributed by atoms with Gasteiger partial charge in [0.25, 0.3) is 0 Å². The molecule has 13 heteroatoms. The fourth-order valence-corrected chi connectivity index (χ4v) is 4.50. The molecule has 1 fully saturated rings. The third kappa shape index (κ3) is 4.32. The highest BCUT2D eigenvalue weighted by Gasteiger charge is 2.36. The second-order valence-corrected chi connectivity index (χ2v) is 8.66. The van der Waals surface area contributed by atoms with Crippen LogP contribution >= 0.6 is 0 Å². The molecule has 0 spiro atoms. The van der Waals surface area contributed by atoms with Crippen LogP contribution in [0.5, 0.6) is 0 Å². The van der Waals surface area contributed by atoms with E-state index in [2.05, 4.69) is 30.4 Å². The first-order chi connectivity index (χ1) is 17.1. The number of amides is 1. The van der Waals surface area contributed by atoms with Crippen LogP contribution in [-0.2, 0) is 6.18 Å². The second-order valence-electron chi connectivity index (χ2n) is 8.66. The summed E-state index contributed by atoms with van der Waals surface area (Å²) < 4.78 is 46.9. The van der Waals surface area contributed by atoms with E-state index < -0.39 is 17.8 Å². The Bertz CT molecular complexity index is 1430. The van der Waals surface area contributed by atoms with Crippen LogP contribution in [0.2, 0.25) is 0 Å². The molecule has 1 amide bonds. The van der Waals surface area contributed by atoms with E-state index in [1.54, 1.807) is 26.0 Å². The standard InChI is InChI=1S/C23H22F3N7O3/c1-11-18(12(2)36-32-11)17-6-5-14-15(8-27-20(14)30-17)19-16(23(24,25)26)9-28-21(31-19)29-13-4-3-7-33(10-13)22(34)35/h5-6,8-9,13H,3-4,7,10H2,1-2H3,(H,27,30)(H,34,35)(H,28,29,31)/t13-/m0/s1. The number of halogens is 3. The molecule has 0 saturated carbocycles. The number of nitrogens with zero attached hydrogens (tertiary/aromatic N) is 5. The monoisotopic (exact) mass is 501 g/mol. The second kappa shape index (κ2) is 8.81. The van der Waals surface area contributed by atoms with Crippen LogP contribution in [-0.4, -0.2) is 60.3 Å². The minimum atomic E-state index is -4.69. The Morgan fingerprint density at radius 1 is 1.28 bits per heavy atom. The van der Waals surface area contributed by atoms with E-state index in [1.165, 1.54) is 11.1 Å². The van der Waals surface area contributed by atoms with Crippen molar-refractivity contribution in [1.29, 1.82) is 0 Å². The van der Waals surface area contributed by atoms with Gasteiger partial charge in [0.05, 0.1) is 22.6 Å². The van der Waals surface area contributed by atoms with Gasteiger partial charge >= 0.3 is 12.3 Å². The number of aryl methyl sites for hydroxylation is 2. The molecule has 0 aliphatic carbocycles. The van der Waals surface area contributed by atoms with Crippen LogP contribution in [0.4, 0.5) is 23.9 Å². The first-order valence-electron chi connectivity index (χ1n) is 11.2. The lowest BCUT2D eigenvalue weighted by Crippen LogP contribution is -2.44. The fraction of sp³-hybridized carbons (Fsp3) is 0.348. The van der Waals surface area contributed by atoms with Gasteiger partial charge in [-0.3, -0.25) is 0 Å². The predicted octanol–water partition coefficient (Wildman–Crippen LogP) is 4.86. The molecule has 5 rings (SSSR count). The van der Waals surface area contributed by atoms with E-state index in [9.17, 15) is 23.1 Å². The molecule has 1 atom stereocenters. The summed E-state index contributed by atoms with van der Waals surface area (Å²) in [7, 11) is 0. The third-order valence-corrected chi connectivity index (χ3v) is 6.20. The molecule has 0 radical (unpaired) electrons. The summed E-state index contributed by atoms with van der Waals surface area (Å²) in [6.07, 6.45) is -2.29. The van der Waals surface area contributed by atoms with Gasteiger partial charge in [0.1, 0.15) is 17.0 Å². The molecule has 36 heavy (non-hydrogen) atoms. The minimum Gasteiger partial charge on any atom is -0.465 e. The SMILES string of the molecule is Cc1noc(C)c1-c1ccc2c(-c3nc(N[C@H]4CCCN(C(=O)O)C4)ncc3C(F)(F)F)c[nH]c2n1. The topological polar surface area (TPSA) is 133 Å². The predicted molar refractivity (Wildman–Crippen MR) is 123 cm³/mol. The van der Waals surface area contributed by atoms with Crippen molar-refractivity contribution in [3.8, 4) is 22.5 Å². The smallest absolute Gasteiger partial charge is 0.419 e. The first kappa shape index (κ1) is 23.6. The van der Waals surface area contributed by atoms with Gasteiger partial charge in [-0.25, -0.2) is 19.7 Å². The molecule has 10 nitrogen and oxygen atoms in total. The van der Waals surface area contributed by atoms with E-state index in [1.807, 2.05) is 0 Å². The number of aromatic nitrogens is 5. The number of piperidine rings is 1. The summed E-state index contributed by atoms with van der Waals surface area (Å²) in [4.78, 5) is 28.2. The Kier molecular flexibility index (Phi) is 5.77. The van der Waals surface area contributed by atoms with Gasteiger partial charge in [-0.1, -0.05) is 5.16 Å². The number of likely N-dealkylation sites (tertiary alicyclic amines) is 1. The largest absolute Gasteiger partial charge is 0.465 e. The van der Waals surface area contributed by atoms with Crippen molar-refractivity contribution in [2.24, 2.45) is 0 Å². The lowest BCUT2D eigenvalue weighted by atomic mass is 10.0. The molecule has 5 heterocycles. The third-order valence-electron chi connectivity index (χ3n) is 6.20. The molecule has 1 aliphatic rings. The van der Waals surface area contributed by atoms with Crippen molar-refractivity contribution < 1.29 is 27.6 Å². The van der Waals surface area contributed by atoms with Crippen molar-refractivity contribution >= 4 is 23.1 Å². The number of carbonyl (C=O) groups is 1. The van der Waals surface area contributed by atoms with Gasteiger partial charge in [0, 0.05) is 42.5 Å². The lowest BCUT2D eigenvalue weighted by Gasteiger charge is -2.31. The van der Waals surface area contributed by atoms with Gasteiger partial charge in [0.2, 0.25) is 5.95 Å².